The average Bonchev–Trinajstić information content (AvgIpc) is 2.67. The quantitative estimate of drug-likeness (QED) is 0.576. The summed E-state index contributed by atoms with van der Waals surface area (Å²) in [6.45, 7) is -1.53. The van der Waals surface area contributed by atoms with Crippen LogP contribution in [-0.2, 0) is 16.1 Å². The second-order valence-corrected chi connectivity index (χ2v) is 6.28. The molecule has 0 heterocycles. The Kier molecular flexibility index (Phi) is 7.93. The first-order valence-corrected chi connectivity index (χ1v) is 8.86. The number of nitrogens with one attached hydrogen (secondary N) is 2. The van der Waals surface area contributed by atoms with Crippen LogP contribution in [0.4, 0.5) is 18.9 Å². The molecule has 0 aliphatic carbocycles. The fraction of sp³-hybridized carbons (Fsp3) is 0.250. The molecule has 2 aromatic carbocycles. The van der Waals surface area contributed by atoms with Gasteiger partial charge in [0.2, 0.25) is 5.91 Å². The van der Waals surface area contributed by atoms with Crippen LogP contribution in [0, 0.1) is 0 Å². The van der Waals surface area contributed by atoms with Gasteiger partial charge >= 0.3 is 6.18 Å². The number of benzene rings is 2. The van der Waals surface area contributed by atoms with E-state index in [0.29, 0.717) is 5.56 Å². The lowest BCUT2D eigenvalue weighted by Crippen LogP contribution is -2.28. The molecule has 2 aromatic rings. The summed E-state index contributed by atoms with van der Waals surface area (Å²) in [5, 5.41) is 5.15. The minimum atomic E-state index is -4.40. The molecule has 0 bridgehead atoms. The monoisotopic (exact) mass is 423 g/mol. The summed E-state index contributed by atoms with van der Waals surface area (Å²) in [7, 11) is 0. The number of amides is 3. The zero-order valence-corrected chi connectivity index (χ0v) is 15.8. The van der Waals surface area contributed by atoms with Crippen molar-refractivity contribution in [2.75, 3.05) is 18.5 Å². The molecule has 160 valence electrons. The van der Waals surface area contributed by atoms with E-state index in [0.717, 1.165) is 0 Å². The van der Waals surface area contributed by atoms with E-state index in [2.05, 4.69) is 15.4 Å². The lowest BCUT2D eigenvalue weighted by atomic mass is 10.1. The first kappa shape index (κ1) is 22.9. The van der Waals surface area contributed by atoms with E-state index >= 15 is 0 Å². The van der Waals surface area contributed by atoms with Gasteiger partial charge in [0.25, 0.3) is 11.8 Å². The van der Waals surface area contributed by atoms with Gasteiger partial charge in [-0.1, -0.05) is 24.3 Å². The Morgan fingerprint density at radius 1 is 0.967 bits per heavy atom. The molecule has 4 N–H and O–H groups in total. The summed E-state index contributed by atoms with van der Waals surface area (Å²) in [5.41, 5.74) is 6.22. The van der Waals surface area contributed by atoms with E-state index in [9.17, 15) is 27.6 Å². The van der Waals surface area contributed by atoms with E-state index in [-0.39, 0.29) is 36.4 Å². The van der Waals surface area contributed by atoms with Gasteiger partial charge < -0.3 is 21.1 Å². The number of carbonyl (C=O) groups is 3. The summed E-state index contributed by atoms with van der Waals surface area (Å²) in [5.74, 6) is -1.54. The molecule has 0 radical (unpaired) electrons. The highest BCUT2D eigenvalue weighted by Gasteiger charge is 2.27. The van der Waals surface area contributed by atoms with Gasteiger partial charge in [0, 0.05) is 18.5 Å². The van der Waals surface area contributed by atoms with Gasteiger partial charge in [-0.25, -0.2) is 0 Å². The molecule has 0 aromatic heterocycles. The first-order chi connectivity index (χ1) is 14.2. The molecule has 0 spiro atoms. The predicted octanol–water partition coefficient (Wildman–Crippen LogP) is 2.62. The normalized spacial score (nSPS) is 11.0. The van der Waals surface area contributed by atoms with Crippen molar-refractivity contribution in [2.24, 2.45) is 5.73 Å². The molecule has 2 rings (SSSR count). The van der Waals surface area contributed by atoms with E-state index in [1.807, 2.05) is 0 Å². The molecule has 0 aliphatic heterocycles. The maximum Gasteiger partial charge on any atom is 0.411 e. The first-order valence-electron chi connectivity index (χ1n) is 8.86. The summed E-state index contributed by atoms with van der Waals surface area (Å²) < 4.78 is 40.9. The number of halogens is 3. The van der Waals surface area contributed by atoms with Crippen molar-refractivity contribution in [1.29, 1.82) is 0 Å². The number of alkyl halides is 3. The van der Waals surface area contributed by atoms with Crippen LogP contribution in [0.2, 0.25) is 0 Å². The topological polar surface area (TPSA) is 111 Å². The van der Waals surface area contributed by atoms with Crippen molar-refractivity contribution < 1.29 is 32.3 Å². The van der Waals surface area contributed by atoms with Crippen LogP contribution >= 0.6 is 0 Å². The number of hydrogen-bond donors (Lipinski definition) is 3. The number of nitrogens with two attached hydrogens (primary N) is 1. The fourth-order valence-corrected chi connectivity index (χ4v) is 2.42. The van der Waals surface area contributed by atoms with Gasteiger partial charge in [0.1, 0.15) is 6.61 Å². The minimum Gasteiger partial charge on any atom is -0.370 e. The Bertz CT molecular complexity index is 899. The maximum absolute atomic E-state index is 12.5. The highest BCUT2D eigenvalue weighted by Crippen LogP contribution is 2.18. The van der Waals surface area contributed by atoms with Crippen LogP contribution < -0.4 is 16.4 Å². The van der Waals surface area contributed by atoms with Gasteiger partial charge in [0.15, 0.2) is 0 Å². The molecule has 0 saturated heterocycles. The van der Waals surface area contributed by atoms with Crippen LogP contribution in [0.15, 0.2) is 48.5 Å². The number of carbonyl (C=O) groups excluding carboxylic acids is 3. The third-order valence-corrected chi connectivity index (χ3v) is 3.83. The molecule has 0 atom stereocenters. The molecule has 0 aliphatic rings. The van der Waals surface area contributed by atoms with E-state index < -0.39 is 30.5 Å². The number of ether oxygens (including phenoxy) is 1. The molecule has 30 heavy (non-hydrogen) atoms. The summed E-state index contributed by atoms with van der Waals surface area (Å²) in [4.78, 5) is 35.5. The number of primary amides is 1. The van der Waals surface area contributed by atoms with Crippen LogP contribution in [-0.4, -0.2) is 37.0 Å². The average molecular weight is 423 g/mol. The molecular weight excluding hydrogens is 403 g/mol. The summed E-state index contributed by atoms with van der Waals surface area (Å²) in [6.07, 6.45) is -4.42. The highest BCUT2D eigenvalue weighted by molar-refractivity contribution is 6.09. The standard InChI is InChI=1S/C20H20F3N3O4/c21-20(22,23)12-30-11-13-5-7-14(8-6-13)18(28)26-16-4-2-1-3-15(16)19(29)25-10-9-17(24)27/h1-8H,9-12H2,(H2,24,27)(H,25,29)(H,26,28). The number of anilines is 1. The Morgan fingerprint density at radius 3 is 2.27 bits per heavy atom. The second kappa shape index (κ2) is 10.4. The van der Waals surface area contributed by atoms with E-state index in [1.54, 1.807) is 18.2 Å². The van der Waals surface area contributed by atoms with Crippen molar-refractivity contribution in [2.45, 2.75) is 19.2 Å². The van der Waals surface area contributed by atoms with Gasteiger partial charge in [-0.05, 0) is 29.8 Å². The van der Waals surface area contributed by atoms with Gasteiger partial charge in [0.05, 0.1) is 17.9 Å². The molecular formula is C20H20F3N3O4. The minimum absolute atomic E-state index is 0.0146. The number of para-hydroxylation sites is 1. The number of hydrogen-bond acceptors (Lipinski definition) is 4. The maximum atomic E-state index is 12.5. The molecule has 0 fully saturated rings. The third-order valence-electron chi connectivity index (χ3n) is 3.83. The zero-order chi connectivity index (χ0) is 22.1. The SMILES string of the molecule is NC(=O)CCNC(=O)c1ccccc1NC(=O)c1ccc(COCC(F)(F)F)cc1. The Morgan fingerprint density at radius 2 is 1.63 bits per heavy atom. The van der Waals surface area contributed by atoms with Crippen molar-refractivity contribution in [3.63, 3.8) is 0 Å². The van der Waals surface area contributed by atoms with E-state index in [4.69, 9.17) is 5.73 Å². The van der Waals surface area contributed by atoms with E-state index in [1.165, 1.54) is 30.3 Å². The van der Waals surface area contributed by atoms with Crippen molar-refractivity contribution in [3.8, 4) is 0 Å². The summed E-state index contributed by atoms with van der Waals surface area (Å²) >= 11 is 0. The highest BCUT2D eigenvalue weighted by atomic mass is 19.4. The molecule has 0 saturated carbocycles. The lowest BCUT2D eigenvalue weighted by Gasteiger charge is -2.12. The Balaban J connectivity index is 1.99. The van der Waals surface area contributed by atoms with Crippen LogP contribution in [0.25, 0.3) is 0 Å². The van der Waals surface area contributed by atoms with Crippen molar-refractivity contribution >= 4 is 23.4 Å². The third kappa shape index (κ3) is 7.55. The Labute approximate surface area is 170 Å². The number of rotatable bonds is 9. The fourth-order valence-electron chi connectivity index (χ4n) is 2.42. The molecule has 3 amide bonds. The van der Waals surface area contributed by atoms with Crippen LogP contribution in [0.5, 0.6) is 0 Å². The zero-order valence-electron chi connectivity index (χ0n) is 15.8. The molecule has 10 heteroatoms. The van der Waals surface area contributed by atoms with Crippen LogP contribution in [0.3, 0.4) is 0 Å². The smallest absolute Gasteiger partial charge is 0.370 e. The predicted molar refractivity (Wildman–Crippen MR) is 103 cm³/mol. The van der Waals surface area contributed by atoms with Gasteiger partial charge in [-0.3, -0.25) is 14.4 Å². The molecule has 0 unspecified atom stereocenters. The van der Waals surface area contributed by atoms with Crippen molar-refractivity contribution in [3.05, 3.63) is 65.2 Å². The second-order valence-electron chi connectivity index (χ2n) is 6.28. The van der Waals surface area contributed by atoms with Crippen LogP contribution in [0.1, 0.15) is 32.7 Å². The Hall–Kier alpha value is -3.40. The largest absolute Gasteiger partial charge is 0.411 e. The molecule has 7 nitrogen and oxygen atoms in total. The van der Waals surface area contributed by atoms with Gasteiger partial charge in [-0.15, -0.1) is 0 Å². The lowest BCUT2D eigenvalue weighted by molar-refractivity contribution is -0.176. The van der Waals surface area contributed by atoms with Gasteiger partial charge in [-0.2, -0.15) is 13.2 Å². The summed E-state index contributed by atoms with van der Waals surface area (Å²) in [6, 6.07) is 12.2. The van der Waals surface area contributed by atoms with Crippen molar-refractivity contribution in [1.82, 2.24) is 5.32 Å².